The predicted octanol–water partition coefficient (Wildman–Crippen LogP) is 2.38. The first kappa shape index (κ1) is 13.8. The molecule has 0 N–H and O–H groups in total. The molecule has 1 aromatic rings. The molecule has 0 aliphatic carbocycles. The molecule has 0 aromatic heterocycles. The van der Waals surface area contributed by atoms with Crippen molar-refractivity contribution in [2.75, 3.05) is 13.7 Å². The Labute approximate surface area is 116 Å². The maximum absolute atomic E-state index is 9.23. The molecular formula is C13H13ClN2O3. The second-order valence-electron chi connectivity index (χ2n) is 3.93. The summed E-state index contributed by atoms with van der Waals surface area (Å²) in [6, 6.07) is 7.06. The summed E-state index contributed by atoms with van der Waals surface area (Å²) in [5.41, 5.74) is 0.814. The highest BCUT2D eigenvalue weighted by Crippen LogP contribution is 2.24. The van der Waals surface area contributed by atoms with Gasteiger partial charge in [-0.2, -0.15) is 5.26 Å². The van der Waals surface area contributed by atoms with Crippen molar-refractivity contribution in [2.24, 2.45) is 4.99 Å². The number of hydrogen-bond acceptors (Lipinski definition) is 5. The van der Waals surface area contributed by atoms with Crippen molar-refractivity contribution in [3.63, 3.8) is 0 Å². The standard InChI is InChI=1S/C13H13ClN2O3/c1-8-18-7-13(19-8)16-11(6-15)10-4-3-9(14)5-12(10)17-2/h3-5,8,13H,7H2,1-2H3/b16-11+. The zero-order valence-electron chi connectivity index (χ0n) is 10.6. The summed E-state index contributed by atoms with van der Waals surface area (Å²) in [7, 11) is 1.52. The van der Waals surface area contributed by atoms with Gasteiger partial charge in [-0.3, -0.25) is 0 Å². The summed E-state index contributed by atoms with van der Waals surface area (Å²) in [5.74, 6) is 0.500. The summed E-state index contributed by atoms with van der Waals surface area (Å²) < 4.78 is 15.8. The van der Waals surface area contributed by atoms with Crippen LogP contribution in [-0.2, 0) is 9.47 Å². The largest absolute Gasteiger partial charge is 0.496 e. The van der Waals surface area contributed by atoms with Crippen LogP contribution in [0.2, 0.25) is 5.02 Å². The second-order valence-corrected chi connectivity index (χ2v) is 4.36. The van der Waals surface area contributed by atoms with Gasteiger partial charge in [0.2, 0.25) is 0 Å². The quantitative estimate of drug-likeness (QED) is 0.798. The molecular weight excluding hydrogens is 268 g/mol. The van der Waals surface area contributed by atoms with Crippen molar-refractivity contribution >= 4 is 17.3 Å². The Morgan fingerprint density at radius 3 is 2.95 bits per heavy atom. The summed E-state index contributed by atoms with van der Waals surface area (Å²) in [5, 5.41) is 9.76. The van der Waals surface area contributed by atoms with Crippen LogP contribution >= 0.6 is 11.6 Å². The molecule has 0 amide bonds. The Balaban J connectivity index is 2.32. The molecule has 1 heterocycles. The average Bonchev–Trinajstić information content (AvgIpc) is 2.81. The number of nitriles is 1. The van der Waals surface area contributed by atoms with E-state index < -0.39 is 6.23 Å². The first-order valence-corrected chi connectivity index (χ1v) is 6.10. The van der Waals surface area contributed by atoms with E-state index in [0.717, 1.165) is 0 Å². The normalized spacial score (nSPS) is 23.2. The van der Waals surface area contributed by atoms with Gasteiger partial charge < -0.3 is 14.2 Å². The molecule has 5 nitrogen and oxygen atoms in total. The highest BCUT2D eigenvalue weighted by molar-refractivity contribution is 6.31. The molecule has 2 unspecified atom stereocenters. The van der Waals surface area contributed by atoms with Crippen molar-refractivity contribution in [1.82, 2.24) is 0 Å². The van der Waals surface area contributed by atoms with Crippen LogP contribution in [0.15, 0.2) is 23.2 Å². The summed E-state index contributed by atoms with van der Waals surface area (Å²) in [4.78, 5) is 4.24. The predicted molar refractivity (Wildman–Crippen MR) is 70.4 cm³/mol. The molecule has 0 radical (unpaired) electrons. The van der Waals surface area contributed by atoms with Gasteiger partial charge in [-0.25, -0.2) is 4.99 Å². The number of benzene rings is 1. The minimum Gasteiger partial charge on any atom is -0.496 e. The van der Waals surface area contributed by atoms with Crippen LogP contribution in [0, 0.1) is 11.3 Å². The van der Waals surface area contributed by atoms with Crippen LogP contribution in [0.1, 0.15) is 12.5 Å². The molecule has 0 spiro atoms. The van der Waals surface area contributed by atoms with Gasteiger partial charge in [0, 0.05) is 5.02 Å². The van der Waals surface area contributed by atoms with Gasteiger partial charge in [-0.15, -0.1) is 0 Å². The number of ether oxygens (including phenoxy) is 3. The third kappa shape index (κ3) is 3.24. The monoisotopic (exact) mass is 280 g/mol. The molecule has 1 fully saturated rings. The fourth-order valence-corrected chi connectivity index (χ4v) is 1.91. The zero-order chi connectivity index (χ0) is 13.8. The third-order valence-corrected chi connectivity index (χ3v) is 2.86. The lowest BCUT2D eigenvalue weighted by Gasteiger charge is -2.09. The van der Waals surface area contributed by atoms with Gasteiger partial charge >= 0.3 is 0 Å². The second kappa shape index (κ2) is 6.02. The van der Waals surface area contributed by atoms with E-state index >= 15 is 0 Å². The van der Waals surface area contributed by atoms with Crippen LogP contribution in [-0.4, -0.2) is 31.9 Å². The smallest absolute Gasteiger partial charge is 0.176 e. The lowest BCUT2D eigenvalue weighted by Crippen LogP contribution is -2.12. The van der Waals surface area contributed by atoms with Crippen LogP contribution in [0.25, 0.3) is 0 Å². The Kier molecular flexibility index (Phi) is 4.38. The summed E-state index contributed by atoms with van der Waals surface area (Å²) in [6.07, 6.45) is -0.772. The number of hydrogen-bond donors (Lipinski definition) is 0. The number of rotatable bonds is 3. The Hall–Kier alpha value is -1.61. The van der Waals surface area contributed by atoms with E-state index in [2.05, 4.69) is 4.99 Å². The number of aliphatic imine (C=N–C) groups is 1. The van der Waals surface area contributed by atoms with Crippen molar-refractivity contribution in [1.29, 1.82) is 5.26 Å². The van der Waals surface area contributed by atoms with E-state index in [4.69, 9.17) is 25.8 Å². The average molecular weight is 281 g/mol. The van der Waals surface area contributed by atoms with E-state index in [1.54, 1.807) is 25.1 Å². The fourth-order valence-electron chi connectivity index (χ4n) is 1.75. The zero-order valence-corrected chi connectivity index (χ0v) is 11.3. The third-order valence-electron chi connectivity index (χ3n) is 2.62. The van der Waals surface area contributed by atoms with Gasteiger partial charge in [0.25, 0.3) is 0 Å². The molecule has 6 heteroatoms. The van der Waals surface area contributed by atoms with E-state index in [-0.39, 0.29) is 12.0 Å². The Morgan fingerprint density at radius 1 is 1.58 bits per heavy atom. The molecule has 19 heavy (non-hydrogen) atoms. The van der Waals surface area contributed by atoms with Gasteiger partial charge in [0.05, 0.1) is 19.3 Å². The summed E-state index contributed by atoms with van der Waals surface area (Å²) >= 11 is 5.89. The van der Waals surface area contributed by atoms with Crippen LogP contribution in [0.5, 0.6) is 5.75 Å². The minimum atomic E-state index is -0.468. The fraction of sp³-hybridized carbons (Fsp3) is 0.385. The molecule has 2 rings (SSSR count). The topological polar surface area (TPSA) is 63.8 Å². The Bertz CT molecular complexity index is 539. The summed E-state index contributed by atoms with van der Waals surface area (Å²) in [6.45, 7) is 2.12. The molecule has 1 aliphatic heterocycles. The highest BCUT2D eigenvalue weighted by Gasteiger charge is 2.23. The SMILES string of the molecule is COc1cc(Cl)ccc1/C(C#N)=N/C1COC(C)O1. The van der Waals surface area contributed by atoms with Gasteiger partial charge in [-0.05, 0) is 25.1 Å². The molecule has 0 bridgehead atoms. The highest BCUT2D eigenvalue weighted by atomic mass is 35.5. The van der Waals surface area contributed by atoms with Gasteiger partial charge in [0.1, 0.15) is 17.5 Å². The maximum Gasteiger partial charge on any atom is 0.176 e. The van der Waals surface area contributed by atoms with E-state index in [9.17, 15) is 5.26 Å². The van der Waals surface area contributed by atoms with Crippen molar-refractivity contribution in [3.05, 3.63) is 28.8 Å². The number of halogens is 1. The molecule has 1 saturated heterocycles. The van der Waals surface area contributed by atoms with Gasteiger partial charge in [-0.1, -0.05) is 11.6 Å². The maximum atomic E-state index is 9.23. The molecule has 1 aromatic carbocycles. The van der Waals surface area contributed by atoms with Crippen LogP contribution in [0.4, 0.5) is 0 Å². The van der Waals surface area contributed by atoms with Crippen LogP contribution < -0.4 is 4.74 Å². The first-order chi connectivity index (χ1) is 9.13. The molecule has 2 atom stereocenters. The first-order valence-electron chi connectivity index (χ1n) is 5.73. The molecule has 100 valence electrons. The number of nitrogens with zero attached hydrogens (tertiary/aromatic N) is 2. The van der Waals surface area contributed by atoms with Crippen molar-refractivity contribution < 1.29 is 14.2 Å². The Morgan fingerprint density at radius 2 is 2.37 bits per heavy atom. The van der Waals surface area contributed by atoms with E-state index in [1.165, 1.54) is 7.11 Å². The lowest BCUT2D eigenvalue weighted by atomic mass is 10.1. The molecule has 1 aliphatic rings. The van der Waals surface area contributed by atoms with E-state index in [0.29, 0.717) is 22.9 Å². The minimum absolute atomic E-state index is 0.233. The van der Waals surface area contributed by atoms with Crippen molar-refractivity contribution in [3.8, 4) is 11.8 Å². The van der Waals surface area contributed by atoms with Gasteiger partial charge in [0.15, 0.2) is 12.5 Å². The molecule has 0 saturated carbocycles. The van der Waals surface area contributed by atoms with E-state index in [1.807, 2.05) is 6.07 Å². The number of methoxy groups -OCH3 is 1. The van der Waals surface area contributed by atoms with Crippen molar-refractivity contribution in [2.45, 2.75) is 19.4 Å². The van der Waals surface area contributed by atoms with Crippen LogP contribution in [0.3, 0.4) is 0 Å². The lowest BCUT2D eigenvalue weighted by molar-refractivity contribution is -0.0404.